The van der Waals surface area contributed by atoms with Gasteiger partial charge in [0.1, 0.15) is 0 Å². The highest BCUT2D eigenvalue weighted by atomic mass is 32.1. The molecule has 0 bridgehead atoms. The van der Waals surface area contributed by atoms with Crippen molar-refractivity contribution < 1.29 is 0 Å². The summed E-state index contributed by atoms with van der Waals surface area (Å²) in [6.07, 6.45) is 0. The van der Waals surface area contributed by atoms with Gasteiger partial charge in [-0.2, -0.15) is 0 Å². The number of nitrogens with zero attached hydrogens (tertiary/aromatic N) is 1. The topological polar surface area (TPSA) is 3.24 Å². The second kappa shape index (κ2) is 15.3. The number of para-hydroxylation sites is 1. The van der Waals surface area contributed by atoms with Crippen molar-refractivity contribution in [1.82, 2.24) is 0 Å². The van der Waals surface area contributed by atoms with Gasteiger partial charge in [0.25, 0.3) is 0 Å². The standard InChI is InChI=1S/C58H39NS/c1-3-15-43(16-4-1)51-22-9-10-24-54(51)57-52(36-37-55-53-23-11-12-25-56(53)60-58(55)57)47-19-13-18-45(39-47)41-28-32-49(33-29-41)59(48-20-5-2-6-21-48)50-34-30-42(31-35-50)46-27-26-40-14-7-8-17-44(40)38-46/h1-39H. The molecule has 0 aliphatic carbocycles. The van der Waals surface area contributed by atoms with E-state index in [9.17, 15) is 0 Å². The SMILES string of the molecule is c1ccc(-c2ccccc2-c2c(-c3cccc(-c4ccc(N(c5ccccc5)c5ccc(-c6ccc7ccccc7c6)cc5)cc4)c3)ccc3c2sc2ccccc23)cc1. The molecule has 0 saturated carbocycles. The molecule has 0 aliphatic rings. The molecule has 282 valence electrons. The van der Waals surface area contributed by atoms with Crippen LogP contribution in [0.15, 0.2) is 237 Å². The molecule has 60 heavy (non-hydrogen) atoms. The molecule has 10 aromatic carbocycles. The van der Waals surface area contributed by atoms with Gasteiger partial charge in [-0.15, -0.1) is 11.3 Å². The molecule has 11 rings (SSSR count). The van der Waals surface area contributed by atoms with Gasteiger partial charge in [0, 0.05) is 42.8 Å². The average molecular weight is 782 g/mol. The maximum absolute atomic E-state index is 2.36. The van der Waals surface area contributed by atoms with Crippen molar-refractivity contribution in [2.75, 3.05) is 4.90 Å². The quantitative estimate of drug-likeness (QED) is 0.148. The molecule has 0 amide bonds. The molecule has 1 nitrogen and oxygen atoms in total. The van der Waals surface area contributed by atoms with Gasteiger partial charge in [-0.3, -0.25) is 0 Å². The third-order valence-corrected chi connectivity index (χ3v) is 12.9. The number of rotatable bonds is 8. The van der Waals surface area contributed by atoms with Gasteiger partial charge < -0.3 is 4.90 Å². The average Bonchev–Trinajstić information content (AvgIpc) is 3.71. The monoisotopic (exact) mass is 781 g/mol. The van der Waals surface area contributed by atoms with E-state index in [1.165, 1.54) is 86.6 Å². The van der Waals surface area contributed by atoms with Crippen LogP contribution in [0.1, 0.15) is 0 Å². The largest absolute Gasteiger partial charge is 0.311 e. The number of thiophene rings is 1. The Balaban J connectivity index is 0.976. The molecule has 11 aromatic rings. The fraction of sp³-hybridized carbons (Fsp3) is 0. The molecule has 0 atom stereocenters. The number of anilines is 3. The van der Waals surface area contributed by atoms with Gasteiger partial charge in [-0.1, -0.05) is 182 Å². The highest BCUT2D eigenvalue weighted by Gasteiger charge is 2.20. The first-order chi connectivity index (χ1) is 29.7. The summed E-state index contributed by atoms with van der Waals surface area (Å²) in [6, 6.07) is 86.0. The number of hydrogen-bond donors (Lipinski definition) is 0. The number of benzene rings is 10. The first-order valence-corrected chi connectivity index (χ1v) is 21.3. The van der Waals surface area contributed by atoms with E-state index in [2.05, 4.69) is 241 Å². The van der Waals surface area contributed by atoms with Crippen molar-refractivity contribution in [3.8, 4) is 55.6 Å². The third kappa shape index (κ3) is 6.54. The normalized spacial score (nSPS) is 11.3. The Morgan fingerprint density at radius 3 is 1.58 bits per heavy atom. The zero-order valence-corrected chi connectivity index (χ0v) is 33.7. The van der Waals surface area contributed by atoms with Crippen LogP contribution in [0, 0.1) is 0 Å². The van der Waals surface area contributed by atoms with Gasteiger partial charge in [0.15, 0.2) is 0 Å². The Bertz CT molecular complexity index is 3290. The maximum Gasteiger partial charge on any atom is 0.0462 e. The Kier molecular flexibility index (Phi) is 9.11. The lowest BCUT2D eigenvalue weighted by Crippen LogP contribution is -2.09. The van der Waals surface area contributed by atoms with Crippen molar-refractivity contribution in [3.63, 3.8) is 0 Å². The molecule has 0 radical (unpaired) electrons. The van der Waals surface area contributed by atoms with Gasteiger partial charge in [-0.25, -0.2) is 0 Å². The Labute approximate surface area is 354 Å². The highest BCUT2D eigenvalue weighted by Crippen LogP contribution is 2.48. The summed E-state index contributed by atoms with van der Waals surface area (Å²) in [6.45, 7) is 0. The Morgan fingerprint density at radius 1 is 0.283 bits per heavy atom. The van der Waals surface area contributed by atoms with E-state index in [-0.39, 0.29) is 0 Å². The van der Waals surface area contributed by atoms with Crippen molar-refractivity contribution in [3.05, 3.63) is 237 Å². The predicted octanol–water partition coefficient (Wildman–Crippen LogP) is 17.0. The minimum Gasteiger partial charge on any atom is -0.311 e. The van der Waals surface area contributed by atoms with Crippen molar-refractivity contribution in [2.24, 2.45) is 0 Å². The molecule has 1 aromatic heterocycles. The van der Waals surface area contributed by atoms with E-state index in [4.69, 9.17) is 0 Å². The van der Waals surface area contributed by atoms with Crippen LogP contribution in [0.4, 0.5) is 17.1 Å². The van der Waals surface area contributed by atoms with E-state index < -0.39 is 0 Å². The predicted molar refractivity (Wildman–Crippen MR) is 259 cm³/mol. The molecular weight excluding hydrogens is 743 g/mol. The fourth-order valence-electron chi connectivity index (χ4n) is 8.73. The van der Waals surface area contributed by atoms with Crippen LogP contribution in [-0.4, -0.2) is 0 Å². The summed E-state index contributed by atoms with van der Waals surface area (Å²) in [5.41, 5.74) is 15.5. The number of fused-ring (bicyclic) bond motifs is 4. The summed E-state index contributed by atoms with van der Waals surface area (Å²) in [5, 5.41) is 5.12. The smallest absolute Gasteiger partial charge is 0.0462 e. The zero-order chi connectivity index (χ0) is 39.8. The van der Waals surface area contributed by atoms with E-state index in [0.717, 1.165) is 17.1 Å². The molecule has 1 heterocycles. The molecule has 2 heteroatoms. The molecule has 0 aliphatic heterocycles. The highest BCUT2D eigenvalue weighted by molar-refractivity contribution is 7.26. The van der Waals surface area contributed by atoms with Crippen LogP contribution in [0.5, 0.6) is 0 Å². The van der Waals surface area contributed by atoms with Crippen molar-refractivity contribution in [1.29, 1.82) is 0 Å². The number of hydrogen-bond acceptors (Lipinski definition) is 2. The van der Waals surface area contributed by atoms with Crippen LogP contribution in [0.2, 0.25) is 0 Å². The summed E-state index contributed by atoms with van der Waals surface area (Å²) < 4.78 is 2.63. The van der Waals surface area contributed by atoms with Crippen molar-refractivity contribution in [2.45, 2.75) is 0 Å². The lowest BCUT2D eigenvalue weighted by atomic mass is 9.87. The molecule has 0 saturated heterocycles. The van der Waals surface area contributed by atoms with E-state index >= 15 is 0 Å². The molecule has 0 N–H and O–H groups in total. The van der Waals surface area contributed by atoms with E-state index in [1.807, 2.05) is 11.3 Å². The van der Waals surface area contributed by atoms with E-state index in [0.29, 0.717) is 0 Å². The lowest BCUT2D eigenvalue weighted by Gasteiger charge is -2.26. The van der Waals surface area contributed by atoms with Crippen LogP contribution in [0.25, 0.3) is 86.6 Å². The van der Waals surface area contributed by atoms with Gasteiger partial charge in [0.05, 0.1) is 0 Å². The Hall–Kier alpha value is -7.52. The fourth-order valence-corrected chi connectivity index (χ4v) is 10.00. The van der Waals surface area contributed by atoms with Crippen LogP contribution < -0.4 is 4.90 Å². The van der Waals surface area contributed by atoms with Crippen LogP contribution in [-0.2, 0) is 0 Å². The molecule has 0 unspecified atom stereocenters. The third-order valence-electron chi connectivity index (χ3n) is 11.7. The first-order valence-electron chi connectivity index (χ1n) is 20.5. The van der Waals surface area contributed by atoms with Crippen LogP contribution in [0.3, 0.4) is 0 Å². The van der Waals surface area contributed by atoms with Gasteiger partial charge in [0.2, 0.25) is 0 Å². The summed E-state index contributed by atoms with van der Waals surface area (Å²) >= 11 is 1.89. The lowest BCUT2D eigenvalue weighted by molar-refractivity contribution is 1.28. The summed E-state index contributed by atoms with van der Waals surface area (Å²) in [5.74, 6) is 0. The minimum absolute atomic E-state index is 1.11. The van der Waals surface area contributed by atoms with E-state index in [1.54, 1.807) is 0 Å². The second-order valence-electron chi connectivity index (χ2n) is 15.3. The van der Waals surface area contributed by atoms with Crippen molar-refractivity contribution >= 4 is 59.3 Å². The molecule has 0 spiro atoms. The minimum atomic E-state index is 1.11. The molecule has 0 fully saturated rings. The Morgan fingerprint density at radius 2 is 0.833 bits per heavy atom. The van der Waals surface area contributed by atoms with Gasteiger partial charge >= 0.3 is 0 Å². The maximum atomic E-state index is 2.36. The zero-order valence-electron chi connectivity index (χ0n) is 32.9. The molecular formula is C58H39NS. The van der Waals surface area contributed by atoms with Gasteiger partial charge in [-0.05, 0) is 115 Å². The summed E-state index contributed by atoms with van der Waals surface area (Å²) in [4.78, 5) is 2.33. The first kappa shape index (κ1) is 35.6. The summed E-state index contributed by atoms with van der Waals surface area (Å²) in [7, 11) is 0. The van der Waals surface area contributed by atoms with Crippen LogP contribution >= 0.6 is 11.3 Å². The second-order valence-corrected chi connectivity index (χ2v) is 16.3.